The van der Waals surface area contributed by atoms with Gasteiger partial charge in [0, 0.05) is 31.7 Å². The molecule has 2 atom stereocenters. The number of sulfonamides is 1. The van der Waals surface area contributed by atoms with Gasteiger partial charge in [-0.3, -0.25) is 9.59 Å². The van der Waals surface area contributed by atoms with Crippen LogP contribution in [0.2, 0.25) is 0 Å². The molecule has 1 heterocycles. The minimum atomic E-state index is -3.69. The number of aliphatic carboxylic acids is 1. The normalized spacial score (nSPS) is 21.2. The number of likely N-dealkylation sites (tertiary alicyclic amines) is 1. The van der Waals surface area contributed by atoms with Gasteiger partial charge in [0.2, 0.25) is 10.0 Å². The Labute approximate surface area is 154 Å². The van der Waals surface area contributed by atoms with E-state index in [-0.39, 0.29) is 34.9 Å². The molecule has 0 aliphatic carbocycles. The third-order valence-corrected chi connectivity index (χ3v) is 6.81. The summed E-state index contributed by atoms with van der Waals surface area (Å²) in [5.74, 6) is -1.77. The summed E-state index contributed by atoms with van der Waals surface area (Å²) in [4.78, 5) is 25.7. The van der Waals surface area contributed by atoms with E-state index >= 15 is 0 Å². The third kappa shape index (κ3) is 4.24. The smallest absolute Gasteiger partial charge is 0.308 e. The Hall–Kier alpha value is -1.93. The largest absolute Gasteiger partial charge is 0.481 e. The molecule has 0 spiro atoms. The molecule has 1 aliphatic rings. The molecule has 1 aromatic rings. The van der Waals surface area contributed by atoms with Crippen molar-refractivity contribution in [1.82, 2.24) is 9.21 Å². The quantitative estimate of drug-likeness (QED) is 0.839. The summed E-state index contributed by atoms with van der Waals surface area (Å²) < 4.78 is 26.5. The van der Waals surface area contributed by atoms with E-state index in [2.05, 4.69) is 0 Å². The van der Waals surface area contributed by atoms with Gasteiger partial charge in [0.1, 0.15) is 0 Å². The average molecular weight is 382 g/mol. The summed E-state index contributed by atoms with van der Waals surface area (Å²) >= 11 is 0. The molecule has 0 aromatic heterocycles. The van der Waals surface area contributed by atoms with Crippen LogP contribution in [0.1, 0.15) is 37.6 Å². The first-order chi connectivity index (χ1) is 12.0. The first-order valence-electron chi connectivity index (χ1n) is 8.64. The lowest BCUT2D eigenvalue weighted by Crippen LogP contribution is -2.45. The van der Waals surface area contributed by atoms with Gasteiger partial charge < -0.3 is 10.0 Å². The van der Waals surface area contributed by atoms with Crippen LogP contribution in [0, 0.1) is 11.8 Å². The van der Waals surface area contributed by atoms with Crippen molar-refractivity contribution < 1.29 is 23.1 Å². The number of carbonyl (C=O) groups is 2. The molecule has 1 amide bonds. The fourth-order valence-electron chi connectivity index (χ4n) is 3.11. The molecule has 2 unspecified atom stereocenters. The molecule has 1 fully saturated rings. The van der Waals surface area contributed by atoms with Crippen LogP contribution < -0.4 is 0 Å². The fraction of sp³-hybridized carbons (Fsp3) is 0.556. The number of hydrogen-bond donors (Lipinski definition) is 1. The lowest BCUT2D eigenvalue weighted by Gasteiger charge is -2.34. The van der Waals surface area contributed by atoms with Gasteiger partial charge in [0.15, 0.2) is 0 Å². The molecular formula is C18H26N2O5S. The minimum absolute atomic E-state index is 0.0550. The van der Waals surface area contributed by atoms with Crippen molar-refractivity contribution in [3.63, 3.8) is 0 Å². The molecule has 0 bridgehead atoms. The van der Waals surface area contributed by atoms with E-state index in [9.17, 15) is 23.1 Å². The van der Waals surface area contributed by atoms with E-state index in [1.807, 2.05) is 6.92 Å². The zero-order valence-corrected chi connectivity index (χ0v) is 16.4. The first-order valence-corrected chi connectivity index (χ1v) is 10.1. The van der Waals surface area contributed by atoms with Crippen LogP contribution in [0.5, 0.6) is 0 Å². The molecule has 0 radical (unpaired) electrons. The number of rotatable bonds is 5. The third-order valence-electron chi connectivity index (χ3n) is 4.78. The molecule has 8 heteroatoms. The van der Waals surface area contributed by atoms with Crippen molar-refractivity contribution in [3.8, 4) is 0 Å². The molecule has 1 aromatic carbocycles. The highest BCUT2D eigenvalue weighted by molar-refractivity contribution is 7.89. The predicted octanol–water partition coefficient (Wildman–Crippen LogP) is 1.90. The van der Waals surface area contributed by atoms with Gasteiger partial charge in [-0.2, -0.15) is 4.31 Å². The van der Waals surface area contributed by atoms with Crippen LogP contribution >= 0.6 is 0 Å². The Balaban J connectivity index is 2.29. The molecule has 1 N–H and O–H groups in total. The van der Waals surface area contributed by atoms with E-state index in [1.165, 1.54) is 34.5 Å². The minimum Gasteiger partial charge on any atom is -0.481 e. The summed E-state index contributed by atoms with van der Waals surface area (Å²) in [5.41, 5.74) is 0.251. The van der Waals surface area contributed by atoms with E-state index < -0.39 is 21.9 Å². The number of carbonyl (C=O) groups excluding carboxylic acids is 1. The lowest BCUT2D eigenvalue weighted by atomic mass is 9.90. The van der Waals surface area contributed by atoms with Gasteiger partial charge in [0.25, 0.3) is 5.91 Å². The summed E-state index contributed by atoms with van der Waals surface area (Å²) in [5, 5.41) is 9.27. The summed E-state index contributed by atoms with van der Waals surface area (Å²) in [6.07, 6.45) is 0.534. The molecule has 144 valence electrons. The van der Waals surface area contributed by atoms with Gasteiger partial charge in [-0.1, -0.05) is 13.0 Å². The van der Waals surface area contributed by atoms with Crippen molar-refractivity contribution in [1.29, 1.82) is 0 Å². The molecule has 7 nitrogen and oxygen atoms in total. The Bertz CT molecular complexity index is 791. The maximum absolute atomic E-state index is 12.8. The fourth-order valence-corrected chi connectivity index (χ4v) is 4.53. The highest BCUT2D eigenvalue weighted by atomic mass is 32.2. The zero-order chi connectivity index (χ0) is 19.6. The van der Waals surface area contributed by atoms with Crippen LogP contribution in [0.25, 0.3) is 0 Å². The molecular weight excluding hydrogens is 356 g/mol. The van der Waals surface area contributed by atoms with Crippen LogP contribution in [0.4, 0.5) is 0 Å². The van der Waals surface area contributed by atoms with Crippen LogP contribution in [-0.4, -0.2) is 60.8 Å². The number of benzene rings is 1. The number of carboxylic acid groups (broad SMARTS) is 1. The second-order valence-corrected chi connectivity index (χ2v) is 9.23. The molecule has 0 saturated carbocycles. The summed E-state index contributed by atoms with van der Waals surface area (Å²) in [7, 11) is -2.19. The maximum atomic E-state index is 12.8. The number of piperidine rings is 1. The first kappa shape index (κ1) is 20.4. The summed E-state index contributed by atoms with van der Waals surface area (Å²) in [6, 6.07) is 5.72. The predicted molar refractivity (Wildman–Crippen MR) is 97.3 cm³/mol. The van der Waals surface area contributed by atoms with E-state index in [4.69, 9.17) is 0 Å². The van der Waals surface area contributed by atoms with Crippen molar-refractivity contribution in [3.05, 3.63) is 29.8 Å². The molecule has 26 heavy (non-hydrogen) atoms. The monoisotopic (exact) mass is 382 g/mol. The molecule has 1 aliphatic heterocycles. The second kappa shape index (κ2) is 7.75. The van der Waals surface area contributed by atoms with Gasteiger partial charge in [0.05, 0.1) is 10.8 Å². The Morgan fingerprint density at radius 2 is 1.92 bits per heavy atom. The van der Waals surface area contributed by atoms with Crippen LogP contribution in [0.15, 0.2) is 29.2 Å². The highest BCUT2D eigenvalue weighted by Crippen LogP contribution is 2.24. The van der Waals surface area contributed by atoms with Crippen LogP contribution in [0.3, 0.4) is 0 Å². The topological polar surface area (TPSA) is 95.0 Å². The maximum Gasteiger partial charge on any atom is 0.308 e. The Kier molecular flexibility index (Phi) is 6.08. The number of nitrogens with zero attached hydrogens (tertiary/aromatic N) is 2. The van der Waals surface area contributed by atoms with Gasteiger partial charge in [-0.15, -0.1) is 0 Å². The SMILES string of the molecule is CC1CC(C(=O)O)CN(C(=O)c2cccc(S(=O)(=O)N(C)C(C)C)c2)C1. The van der Waals surface area contributed by atoms with Crippen molar-refractivity contribution >= 4 is 21.9 Å². The molecule has 2 rings (SSSR count). The van der Waals surface area contributed by atoms with E-state index in [1.54, 1.807) is 19.9 Å². The number of amides is 1. The second-order valence-electron chi connectivity index (χ2n) is 7.23. The summed E-state index contributed by atoms with van der Waals surface area (Å²) in [6.45, 7) is 6.06. The number of hydrogen-bond acceptors (Lipinski definition) is 4. The van der Waals surface area contributed by atoms with Gasteiger partial charge >= 0.3 is 5.97 Å². The zero-order valence-electron chi connectivity index (χ0n) is 15.5. The molecule has 1 saturated heterocycles. The van der Waals surface area contributed by atoms with Crippen LogP contribution in [-0.2, 0) is 14.8 Å². The van der Waals surface area contributed by atoms with E-state index in [0.717, 1.165) is 0 Å². The van der Waals surface area contributed by atoms with Gasteiger partial charge in [-0.25, -0.2) is 8.42 Å². The Morgan fingerprint density at radius 1 is 1.27 bits per heavy atom. The van der Waals surface area contributed by atoms with Crippen molar-refractivity contribution in [2.75, 3.05) is 20.1 Å². The van der Waals surface area contributed by atoms with Crippen molar-refractivity contribution in [2.24, 2.45) is 11.8 Å². The van der Waals surface area contributed by atoms with Crippen molar-refractivity contribution in [2.45, 2.75) is 38.1 Å². The average Bonchev–Trinajstić information content (AvgIpc) is 2.59. The lowest BCUT2D eigenvalue weighted by molar-refractivity contribution is -0.143. The Morgan fingerprint density at radius 3 is 2.50 bits per heavy atom. The van der Waals surface area contributed by atoms with Gasteiger partial charge in [-0.05, 0) is 44.4 Å². The highest BCUT2D eigenvalue weighted by Gasteiger charge is 2.33. The number of carboxylic acids is 1. The van der Waals surface area contributed by atoms with E-state index in [0.29, 0.717) is 13.0 Å². The standard InChI is InChI=1S/C18H26N2O5S/c1-12(2)19(4)26(24,25)16-7-5-6-14(9-16)17(21)20-10-13(3)8-15(11-20)18(22)23/h5-7,9,12-13,15H,8,10-11H2,1-4H3,(H,22,23).